The first-order valence-electron chi connectivity index (χ1n) is 10.9. The van der Waals surface area contributed by atoms with E-state index >= 15 is 0 Å². The van der Waals surface area contributed by atoms with Gasteiger partial charge in [0.05, 0.1) is 13.0 Å². The molecule has 0 aliphatic carbocycles. The highest BCUT2D eigenvalue weighted by Gasteiger charge is 2.28. The molecule has 0 spiro atoms. The van der Waals surface area contributed by atoms with Gasteiger partial charge in [-0.15, -0.1) is 0 Å². The van der Waals surface area contributed by atoms with E-state index in [9.17, 15) is 9.59 Å². The maximum absolute atomic E-state index is 12.9. The van der Waals surface area contributed by atoms with Gasteiger partial charge in [0.2, 0.25) is 11.8 Å². The number of hydrogen-bond acceptors (Lipinski definition) is 5. The highest BCUT2D eigenvalue weighted by molar-refractivity contribution is 5.95. The van der Waals surface area contributed by atoms with Crippen molar-refractivity contribution in [2.24, 2.45) is 0 Å². The molecular formula is C24H29N5O3. The Balaban J connectivity index is 1.50. The van der Waals surface area contributed by atoms with E-state index in [1.807, 2.05) is 37.4 Å². The Kier molecular flexibility index (Phi) is 6.50. The first-order valence-corrected chi connectivity index (χ1v) is 10.9. The molecule has 3 aromatic rings. The van der Waals surface area contributed by atoms with Crippen LogP contribution in [0.5, 0.6) is 0 Å². The summed E-state index contributed by atoms with van der Waals surface area (Å²) in [5, 5.41) is 1.06. The van der Waals surface area contributed by atoms with Gasteiger partial charge in [-0.3, -0.25) is 14.5 Å². The van der Waals surface area contributed by atoms with Crippen molar-refractivity contribution >= 4 is 28.5 Å². The second-order valence-electron chi connectivity index (χ2n) is 8.21. The molecule has 4 rings (SSSR count). The van der Waals surface area contributed by atoms with Crippen LogP contribution in [0.3, 0.4) is 0 Å². The largest absolute Gasteiger partial charge is 0.385 e. The number of anilines is 1. The zero-order valence-electron chi connectivity index (χ0n) is 18.9. The number of para-hydroxylation sites is 1. The standard InChI is InChI=1S/C24H29N5O3/c1-16-18-9-10-22(30)29(11-6-12-32-3)24(18)27-21(26-16)15-28(2)23(31)13-17-14-25-20-8-5-4-7-19(17)20/h4-5,7-8,14,25H,6,9-13,15H2,1-3H3. The number of nitrogens with one attached hydrogen (secondary N) is 1. The Labute approximate surface area is 187 Å². The highest BCUT2D eigenvalue weighted by atomic mass is 16.5. The van der Waals surface area contributed by atoms with E-state index in [0.717, 1.165) is 34.1 Å². The number of likely N-dealkylation sites (N-methyl/N-ethyl adjacent to an activating group) is 1. The number of H-pyrrole nitrogens is 1. The number of methoxy groups -OCH3 is 1. The lowest BCUT2D eigenvalue weighted by Crippen LogP contribution is -2.38. The summed E-state index contributed by atoms with van der Waals surface area (Å²) < 4.78 is 5.14. The number of hydrogen-bond donors (Lipinski definition) is 1. The summed E-state index contributed by atoms with van der Waals surface area (Å²) in [6.07, 6.45) is 4.04. The molecule has 1 aliphatic heterocycles. The van der Waals surface area contributed by atoms with E-state index in [0.29, 0.717) is 44.1 Å². The van der Waals surface area contributed by atoms with Gasteiger partial charge in [0.25, 0.3) is 0 Å². The first-order chi connectivity index (χ1) is 15.5. The number of rotatable bonds is 8. The topological polar surface area (TPSA) is 91.4 Å². The first kappa shape index (κ1) is 22.0. The molecule has 0 saturated carbocycles. The number of aromatic nitrogens is 3. The van der Waals surface area contributed by atoms with Crippen molar-refractivity contribution in [1.29, 1.82) is 0 Å². The maximum atomic E-state index is 12.9. The lowest BCUT2D eigenvalue weighted by Gasteiger charge is -2.29. The minimum absolute atomic E-state index is 0.0123. The van der Waals surface area contributed by atoms with Gasteiger partial charge < -0.3 is 14.6 Å². The smallest absolute Gasteiger partial charge is 0.228 e. The maximum Gasteiger partial charge on any atom is 0.228 e. The van der Waals surface area contributed by atoms with Crippen LogP contribution in [0.25, 0.3) is 10.9 Å². The van der Waals surface area contributed by atoms with Crippen LogP contribution in [0.2, 0.25) is 0 Å². The number of fused-ring (bicyclic) bond motifs is 2. The fraction of sp³-hybridized carbons (Fsp3) is 0.417. The SMILES string of the molecule is COCCCN1C(=O)CCc2c(C)nc(CN(C)C(=O)Cc3c[nH]c4ccccc34)nc21. The third-order valence-corrected chi connectivity index (χ3v) is 5.94. The molecule has 8 heteroatoms. The van der Waals surface area contributed by atoms with Gasteiger partial charge in [0.15, 0.2) is 0 Å². The molecule has 0 saturated heterocycles. The molecule has 8 nitrogen and oxygen atoms in total. The third kappa shape index (κ3) is 4.50. The molecule has 0 radical (unpaired) electrons. The van der Waals surface area contributed by atoms with E-state index in [2.05, 4.69) is 9.97 Å². The molecule has 0 atom stereocenters. The Morgan fingerprint density at radius 1 is 1.25 bits per heavy atom. The monoisotopic (exact) mass is 435 g/mol. The molecule has 1 aliphatic rings. The summed E-state index contributed by atoms with van der Waals surface area (Å²) >= 11 is 0. The lowest BCUT2D eigenvalue weighted by atomic mass is 10.0. The van der Waals surface area contributed by atoms with Crippen LogP contribution in [0.15, 0.2) is 30.5 Å². The molecule has 0 unspecified atom stereocenters. The zero-order valence-corrected chi connectivity index (χ0v) is 18.9. The predicted octanol–water partition coefficient (Wildman–Crippen LogP) is 2.78. The van der Waals surface area contributed by atoms with Crippen molar-refractivity contribution in [3.05, 3.63) is 53.1 Å². The van der Waals surface area contributed by atoms with Gasteiger partial charge in [-0.2, -0.15) is 0 Å². The molecular weight excluding hydrogens is 406 g/mol. The van der Waals surface area contributed by atoms with E-state index in [1.165, 1.54) is 0 Å². The van der Waals surface area contributed by atoms with E-state index in [-0.39, 0.29) is 18.4 Å². The van der Waals surface area contributed by atoms with Crippen molar-refractivity contribution < 1.29 is 14.3 Å². The van der Waals surface area contributed by atoms with E-state index < -0.39 is 0 Å². The molecule has 32 heavy (non-hydrogen) atoms. The summed E-state index contributed by atoms with van der Waals surface area (Å²) in [5.74, 6) is 1.28. The van der Waals surface area contributed by atoms with Crippen molar-refractivity contribution in [2.75, 3.05) is 32.2 Å². The van der Waals surface area contributed by atoms with Crippen LogP contribution >= 0.6 is 0 Å². The van der Waals surface area contributed by atoms with Crippen molar-refractivity contribution in [3.8, 4) is 0 Å². The normalized spacial score (nSPS) is 13.5. The fourth-order valence-corrected chi connectivity index (χ4v) is 4.18. The van der Waals surface area contributed by atoms with Crippen molar-refractivity contribution in [3.63, 3.8) is 0 Å². The zero-order chi connectivity index (χ0) is 22.7. The second kappa shape index (κ2) is 9.48. The molecule has 0 bridgehead atoms. The number of aryl methyl sites for hydroxylation is 1. The average Bonchev–Trinajstić information content (AvgIpc) is 3.18. The van der Waals surface area contributed by atoms with Gasteiger partial charge in [0, 0.05) is 62.1 Å². The summed E-state index contributed by atoms with van der Waals surface area (Å²) in [7, 11) is 3.41. The van der Waals surface area contributed by atoms with Crippen LogP contribution in [-0.4, -0.2) is 59.0 Å². The number of amides is 2. The number of ether oxygens (including phenoxy) is 1. The molecule has 2 aromatic heterocycles. The Morgan fingerprint density at radius 3 is 2.88 bits per heavy atom. The number of carbonyl (C=O) groups excluding carboxylic acids is 2. The number of benzene rings is 1. The lowest BCUT2D eigenvalue weighted by molar-refractivity contribution is -0.129. The molecule has 0 fully saturated rings. The van der Waals surface area contributed by atoms with Crippen LogP contribution in [0.1, 0.15) is 35.5 Å². The van der Waals surface area contributed by atoms with Gasteiger partial charge in [-0.05, 0) is 31.4 Å². The summed E-state index contributed by atoms with van der Waals surface area (Å²) in [6.45, 7) is 3.38. The van der Waals surface area contributed by atoms with Crippen LogP contribution in [-0.2, 0) is 33.7 Å². The van der Waals surface area contributed by atoms with E-state index in [4.69, 9.17) is 9.72 Å². The van der Waals surface area contributed by atoms with E-state index in [1.54, 1.807) is 24.0 Å². The Hall–Kier alpha value is -3.26. The Morgan fingerprint density at radius 2 is 2.06 bits per heavy atom. The number of carbonyl (C=O) groups is 2. The van der Waals surface area contributed by atoms with Crippen molar-refractivity contribution in [2.45, 2.75) is 39.2 Å². The average molecular weight is 436 g/mol. The van der Waals surface area contributed by atoms with Gasteiger partial charge >= 0.3 is 0 Å². The molecule has 1 aromatic carbocycles. The minimum Gasteiger partial charge on any atom is -0.385 e. The molecule has 1 N–H and O–H groups in total. The molecule has 168 valence electrons. The quantitative estimate of drug-likeness (QED) is 0.550. The van der Waals surface area contributed by atoms with Crippen molar-refractivity contribution in [1.82, 2.24) is 19.9 Å². The van der Waals surface area contributed by atoms with Gasteiger partial charge in [-0.25, -0.2) is 9.97 Å². The van der Waals surface area contributed by atoms with Gasteiger partial charge in [0.1, 0.15) is 11.6 Å². The second-order valence-corrected chi connectivity index (χ2v) is 8.21. The summed E-state index contributed by atoms with van der Waals surface area (Å²) in [6, 6.07) is 7.95. The molecule has 3 heterocycles. The van der Waals surface area contributed by atoms with Crippen LogP contribution in [0.4, 0.5) is 5.82 Å². The Bertz CT molecular complexity index is 1140. The summed E-state index contributed by atoms with van der Waals surface area (Å²) in [4.78, 5) is 41.4. The number of nitrogens with zero attached hydrogens (tertiary/aromatic N) is 4. The van der Waals surface area contributed by atoms with Gasteiger partial charge in [-0.1, -0.05) is 18.2 Å². The fourth-order valence-electron chi connectivity index (χ4n) is 4.18. The third-order valence-electron chi connectivity index (χ3n) is 5.94. The molecule has 2 amide bonds. The van der Waals surface area contributed by atoms with Crippen LogP contribution in [0, 0.1) is 6.92 Å². The highest BCUT2D eigenvalue weighted by Crippen LogP contribution is 2.28. The number of aromatic amines is 1. The summed E-state index contributed by atoms with van der Waals surface area (Å²) in [5.41, 5.74) is 3.87. The minimum atomic E-state index is -0.0123. The van der Waals surface area contributed by atoms with Crippen LogP contribution < -0.4 is 4.90 Å². The predicted molar refractivity (Wildman–Crippen MR) is 122 cm³/mol.